The highest BCUT2D eigenvalue weighted by atomic mass is 19.3. The quantitative estimate of drug-likeness (QED) is 0.610. The van der Waals surface area contributed by atoms with Gasteiger partial charge in [0.05, 0.1) is 12.1 Å². The number of nitrogens with one attached hydrogen (secondary N) is 1. The number of carbonyl (C=O) groups excluding carboxylic acids is 2. The molecule has 32 heavy (non-hydrogen) atoms. The topological polar surface area (TPSA) is 84.4 Å². The molecule has 2 fully saturated rings. The number of carbonyl (C=O) groups is 2. The van der Waals surface area contributed by atoms with Crippen molar-refractivity contribution in [2.24, 2.45) is 0 Å². The number of halogens is 2. The van der Waals surface area contributed by atoms with Crippen LogP contribution in [0.1, 0.15) is 46.6 Å². The third-order valence-corrected chi connectivity index (χ3v) is 6.13. The molecule has 9 heteroatoms. The van der Waals surface area contributed by atoms with Gasteiger partial charge in [0.1, 0.15) is 34.9 Å². The van der Waals surface area contributed by atoms with Gasteiger partial charge in [-0.05, 0) is 44.0 Å². The van der Waals surface area contributed by atoms with Gasteiger partial charge in [-0.1, -0.05) is 6.07 Å². The molecule has 2 aliphatic heterocycles. The summed E-state index contributed by atoms with van der Waals surface area (Å²) in [5.74, 6) is 0.487. The number of piperidine rings is 1. The third kappa shape index (κ3) is 3.28. The minimum Gasteiger partial charge on any atom is -0.489 e. The van der Waals surface area contributed by atoms with E-state index in [9.17, 15) is 18.4 Å². The summed E-state index contributed by atoms with van der Waals surface area (Å²) in [5, 5.41) is 3.39. The second-order valence-electron chi connectivity index (χ2n) is 8.11. The molecule has 0 bridgehead atoms. The maximum atomic E-state index is 13.3. The van der Waals surface area contributed by atoms with Crippen LogP contribution in [0, 0.1) is 6.92 Å². The van der Waals surface area contributed by atoms with Crippen LogP contribution < -0.4 is 10.1 Å². The first kappa shape index (κ1) is 20.4. The largest absolute Gasteiger partial charge is 0.489 e. The van der Waals surface area contributed by atoms with E-state index in [0.717, 1.165) is 6.42 Å². The number of aromatic nitrogens is 1. The molecule has 7 nitrogen and oxygen atoms in total. The second kappa shape index (κ2) is 7.58. The van der Waals surface area contributed by atoms with Crippen molar-refractivity contribution in [3.05, 3.63) is 59.1 Å². The summed E-state index contributed by atoms with van der Waals surface area (Å²) < 4.78 is 37.8. The van der Waals surface area contributed by atoms with E-state index in [1.807, 2.05) is 0 Å². The lowest BCUT2D eigenvalue weighted by Crippen LogP contribution is -2.46. The first-order chi connectivity index (χ1) is 15.4. The van der Waals surface area contributed by atoms with Crippen LogP contribution in [0.5, 0.6) is 5.75 Å². The monoisotopic (exact) mass is 441 g/mol. The second-order valence-corrected chi connectivity index (χ2v) is 8.11. The van der Waals surface area contributed by atoms with E-state index in [4.69, 9.17) is 9.15 Å². The van der Waals surface area contributed by atoms with Crippen LogP contribution in [0.2, 0.25) is 0 Å². The Labute approximate surface area is 182 Å². The predicted octanol–water partition coefficient (Wildman–Crippen LogP) is 3.76. The summed E-state index contributed by atoms with van der Waals surface area (Å²) >= 11 is 0. The van der Waals surface area contributed by atoms with E-state index in [0.29, 0.717) is 47.6 Å². The summed E-state index contributed by atoms with van der Waals surface area (Å²) in [4.78, 5) is 30.9. The van der Waals surface area contributed by atoms with Gasteiger partial charge in [0.15, 0.2) is 0 Å². The van der Waals surface area contributed by atoms with Gasteiger partial charge >= 0.3 is 0 Å². The molecule has 0 aliphatic carbocycles. The molecule has 1 spiro atoms. The Hall–Kier alpha value is -3.49. The smallest absolute Gasteiger partial charge is 0.280 e. The number of benzene rings is 1. The Balaban J connectivity index is 1.41. The van der Waals surface area contributed by atoms with Crippen LogP contribution in [-0.4, -0.2) is 40.3 Å². The minimum atomic E-state index is -2.70. The summed E-state index contributed by atoms with van der Waals surface area (Å²) in [5.41, 5.74) is 0.107. The lowest BCUT2D eigenvalue weighted by molar-refractivity contribution is -0.125. The highest BCUT2D eigenvalue weighted by Crippen LogP contribution is 2.42. The molecule has 4 heterocycles. The molecule has 1 atom stereocenters. The number of amides is 2. The molecule has 2 aromatic heterocycles. The molecule has 2 amide bonds. The van der Waals surface area contributed by atoms with E-state index < -0.39 is 12.0 Å². The number of fused-ring (bicyclic) bond motifs is 1. The molecule has 0 radical (unpaired) electrons. The van der Waals surface area contributed by atoms with Crippen molar-refractivity contribution in [1.82, 2.24) is 15.2 Å². The van der Waals surface area contributed by atoms with Crippen molar-refractivity contribution in [3.8, 4) is 5.75 Å². The fourth-order valence-corrected chi connectivity index (χ4v) is 4.38. The van der Waals surface area contributed by atoms with Gasteiger partial charge in [0, 0.05) is 23.7 Å². The van der Waals surface area contributed by atoms with Crippen LogP contribution in [0.4, 0.5) is 8.78 Å². The molecular formula is C23H21F2N3O4. The molecule has 1 N–H and O–H groups in total. The van der Waals surface area contributed by atoms with Crippen molar-refractivity contribution in [2.45, 2.75) is 38.3 Å². The lowest BCUT2D eigenvalue weighted by atomic mass is 9.98. The zero-order chi connectivity index (χ0) is 22.5. The standard InChI is InChI=1S/C23H21F2N3O4/c1-13-18(21(29)28-12-23(28)7-3-9-27-22(23)30)16-10-15(5-6-17(16)32-13)31-11-14-4-2-8-26-19(14)20(24)25/h2,4-6,8,10,20H,3,7,9,11-12H2,1H3,(H,27,30). The van der Waals surface area contributed by atoms with E-state index >= 15 is 0 Å². The van der Waals surface area contributed by atoms with Gasteiger partial charge in [-0.15, -0.1) is 0 Å². The van der Waals surface area contributed by atoms with Crippen molar-refractivity contribution >= 4 is 22.8 Å². The maximum Gasteiger partial charge on any atom is 0.280 e. The van der Waals surface area contributed by atoms with Gasteiger partial charge < -0.3 is 19.4 Å². The zero-order valence-electron chi connectivity index (χ0n) is 17.4. The molecule has 2 aliphatic rings. The SMILES string of the molecule is Cc1oc2ccc(OCc3cccnc3C(F)F)cc2c1C(=O)N1CC12CCCNC2=O. The van der Waals surface area contributed by atoms with Gasteiger partial charge in [-0.3, -0.25) is 14.6 Å². The molecule has 0 saturated carbocycles. The fourth-order valence-electron chi connectivity index (χ4n) is 4.38. The Kier molecular flexibility index (Phi) is 4.83. The number of pyridine rings is 1. The molecular weight excluding hydrogens is 420 g/mol. The number of alkyl halides is 2. The highest BCUT2D eigenvalue weighted by Gasteiger charge is 2.61. The zero-order valence-corrected chi connectivity index (χ0v) is 17.4. The minimum absolute atomic E-state index is 0.0887. The van der Waals surface area contributed by atoms with E-state index in [1.54, 1.807) is 42.2 Å². The molecule has 5 rings (SSSR count). The summed E-state index contributed by atoms with van der Waals surface area (Å²) in [7, 11) is 0. The van der Waals surface area contributed by atoms with Crippen molar-refractivity contribution in [3.63, 3.8) is 0 Å². The van der Waals surface area contributed by atoms with Gasteiger partial charge in [-0.2, -0.15) is 0 Å². The molecule has 1 unspecified atom stereocenters. The molecule has 2 saturated heterocycles. The normalized spacial score (nSPS) is 20.1. The van der Waals surface area contributed by atoms with Crippen molar-refractivity contribution in [2.75, 3.05) is 13.1 Å². The average Bonchev–Trinajstić information content (AvgIpc) is 3.41. The molecule has 3 aromatic rings. The lowest BCUT2D eigenvalue weighted by Gasteiger charge is -2.22. The molecule has 1 aromatic carbocycles. The van der Waals surface area contributed by atoms with E-state index in [2.05, 4.69) is 10.3 Å². The first-order valence-corrected chi connectivity index (χ1v) is 10.4. The summed E-state index contributed by atoms with van der Waals surface area (Å²) in [6.45, 7) is 2.63. The predicted molar refractivity (Wildman–Crippen MR) is 110 cm³/mol. The van der Waals surface area contributed by atoms with E-state index in [1.165, 1.54) is 6.20 Å². The summed E-state index contributed by atoms with van der Waals surface area (Å²) in [6, 6.07) is 8.11. The van der Waals surface area contributed by atoms with Crippen LogP contribution in [0.25, 0.3) is 11.0 Å². The highest BCUT2D eigenvalue weighted by molar-refractivity contribution is 6.11. The van der Waals surface area contributed by atoms with Gasteiger partial charge in [0.2, 0.25) is 5.91 Å². The van der Waals surface area contributed by atoms with Crippen molar-refractivity contribution in [1.29, 1.82) is 0 Å². The third-order valence-electron chi connectivity index (χ3n) is 6.13. The summed E-state index contributed by atoms with van der Waals surface area (Å²) in [6.07, 6.45) is 0.0872. The molecule has 166 valence electrons. The number of rotatable bonds is 5. The number of furan rings is 1. The number of nitrogens with zero attached hydrogens (tertiary/aromatic N) is 2. The van der Waals surface area contributed by atoms with Gasteiger partial charge in [-0.25, -0.2) is 8.78 Å². The van der Waals surface area contributed by atoms with Crippen LogP contribution >= 0.6 is 0 Å². The van der Waals surface area contributed by atoms with E-state index in [-0.39, 0.29) is 29.7 Å². The van der Waals surface area contributed by atoms with Crippen LogP contribution in [0.15, 0.2) is 40.9 Å². The van der Waals surface area contributed by atoms with Crippen molar-refractivity contribution < 1.29 is 27.5 Å². The average molecular weight is 441 g/mol. The Morgan fingerprint density at radius 1 is 1.38 bits per heavy atom. The number of aryl methyl sites for hydroxylation is 1. The Morgan fingerprint density at radius 3 is 3.00 bits per heavy atom. The number of hydrogen-bond donors (Lipinski definition) is 1. The Morgan fingerprint density at radius 2 is 2.22 bits per heavy atom. The van der Waals surface area contributed by atoms with Gasteiger partial charge in [0.25, 0.3) is 12.3 Å². The Bertz CT molecular complexity index is 1230. The fraction of sp³-hybridized carbons (Fsp3) is 0.348. The van der Waals surface area contributed by atoms with Crippen LogP contribution in [-0.2, 0) is 11.4 Å². The van der Waals surface area contributed by atoms with Crippen LogP contribution in [0.3, 0.4) is 0 Å². The number of ether oxygens (including phenoxy) is 1. The number of hydrogen-bond acceptors (Lipinski definition) is 5. The first-order valence-electron chi connectivity index (χ1n) is 10.4. The maximum absolute atomic E-state index is 13.3.